The minimum Gasteiger partial charge on any atom is -0.231 e. The summed E-state index contributed by atoms with van der Waals surface area (Å²) < 4.78 is 72.9. The van der Waals surface area contributed by atoms with Crippen molar-refractivity contribution >= 4 is 38.4 Å². The van der Waals surface area contributed by atoms with Gasteiger partial charge >= 0.3 is 12.4 Å². The summed E-state index contributed by atoms with van der Waals surface area (Å²) in [4.78, 5) is 3.00. The summed E-state index contributed by atoms with van der Waals surface area (Å²) in [7, 11) is 0. The fourth-order valence-corrected chi connectivity index (χ4v) is 1.50. The first-order valence-electron chi connectivity index (χ1n) is 4.20. The van der Waals surface area contributed by atoms with Gasteiger partial charge in [-0.15, -0.1) is 0 Å². The molecule has 0 saturated carbocycles. The van der Waals surface area contributed by atoms with E-state index in [1.165, 1.54) is 0 Å². The Morgan fingerprint density at radius 2 is 1.67 bits per heavy atom. The highest BCUT2D eigenvalue weighted by atomic mass is 79.9. The molecule has 18 heavy (non-hydrogen) atoms. The van der Waals surface area contributed by atoms with Crippen LogP contribution >= 0.6 is 27.5 Å². The predicted molar refractivity (Wildman–Crippen MR) is 58.1 cm³/mol. The van der Waals surface area contributed by atoms with Crippen LogP contribution in [0, 0.1) is 0 Å². The van der Waals surface area contributed by atoms with Gasteiger partial charge in [0.25, 0.3) is 0 Å². The van der Waals surface area contributed by atoms with Crippen LogP contribution in [0.1, 0.15) is 5.56 Å². The molecule has 100 valence electrons. The lowest BCUT2D eigenvalue weighted by molar-refractivity contribution is -0.137. The third kappa shape index (κ3) is 3.88. The van der Waals surface area contributed by atoms with Crippen LogP contribution in [0.3, 0.4) is 0 Å². The Morgan fingerprint density at radius 3 is 2.06 bits per heavy atom. The fourth-order valence-electron chi connectivity index (χ4n) is 0.943. The molecule has 0 spiro atoms. The maximum atomic E-state index is 12.3. The summed E-state index contributed by atoms with van der Waals surface area (Å²) in [5.74, 6) is 0. The zero-order chi connectivity index (χ0) is 14.1. The second kappa shape index (κ2) is 5.08. The van der Waals surface area contributed by atoms with E-state index in [9.17, 15) is 26.3 Å². The Kier molecular flexibility index (Phi) is 4.32. The van der Waals surface area contributed by atoms with E-state index in [0.717, 1.165) is 6.07 Å². The van der Waals surface area contributed by atoms with Gasteiger partial charge in [0.05, 0.1) is 11.3 Å². The number of halogens is 8. The van der Waals surface area contributed by atoms with Crippen LogP contribution in [0.5, 0.6) is 0 Å². The van der Waals surface area contributed by atoms with Crippen molar-refractivity contribution in [1.29, 1.82) is 0 Å². The van der Waals surface area contributed by atoms with Crippen LogP contribution in [-0.2, 0) is 6.18 Å². The van der Waals surface area contributed by atoms with E-state index in [1.807, 2.05) is 0 Å². The van der Waals surface area contributed by atoms with Gasteiger partial charge in [-0.05, 0) is 34.1 Å². The first-order valence-corrected chi connectivity index (χ1v) is 5.37. The number of nitrogens with zero attached hydrogens (tertiary/aromatic N) is 1. The number of alkyl halides is 6. The Morgan fingerprint density at radius 1 is 1.11 bits per heavy atom. The van der Waals surface area contributed by atoms with Gasteiger partial charge in [0.15, 0.2) is 0 Å². The molecule has 0 bridgehead atoms. The molecule has 0 unspecified atom stereocenters. The van der Waals surface area contributed by atoms with Gasteiger partial charge < -0.3 is 0 Å². The van der Waals surface area contributed by atoms with Crippen molar-refractivity contribution in [2.45, 2.75) is 12.4 Å². The molecule has 0 heterocycles. The highest BCUT2D eigenvalue weighted by Gasteiger charge is 2.35. The molecule has 1 aromatic carbocycles. The first kappa shape index (κ1) is 15.3. The third-order valence-electron chi connectivity index (χ3n) is 1.73. The molecule has 0 aliphatic rings. The van der Waals surface area contributed by atoms with Gasteiger partial charge in [0, 0.05) is 4.47 Å². The highest BCUT2D eigenvalue weighted by molar-refractivity contribution is 9.10. The summed E-state index contributed by atoms with van der Waals surface area (Å²) >= 11 is 7.58. The van der Waals surface area contributed by atoms with Crippen LogP contribution in [0.15, 0.2) is 27.7 Å². The number of rotatable bonds is 1. The molecule has 0 aromatic heterocycles. The molecule has 0 aliphatic heterocycles. The molecule has 0 aliphatic carbocycles. The summed E-state index contributed by atoms with van der Waals surface area (Å²) in [6.45, 7) is 0. The van der Waals surface area contributed by atoms with E-state index in [1.54, 1.807) is 0 Å². The molecule has 0 saturated heterocycles. The smallest absolute Gasteiger partial charge is 0.231 e. The Labute approximate surface area is 111 Å². The number of hydrogen-bond donors (Lipinski definition) is 0. The Balaban J connectivity index is 3.16. The maximum Gasteiger partial charge on any atom is 0.444 e. The summed E-state index contributed by atoms with van der Waals surface area (Å²) in [6.07, 6.45) is -9.43. The average molecular weight is 354 g/mol. The van der Waals surface area contributed by atoms with Crippen molar-refractivity contribution in [3.8, 4) is 0 Å². The van der Waals surface area contributed by atoms with Crippen molar-refractivity contribution in [3.63, 3.8) is 0 Å². The second-order valence-corrected chi connectivity index (χ2v) is 4.28. The van der Waals surface area contributed by atoms with E-state index in [-0.39, 0.29) is 10.2 Å². The van der Waals surface area contributed by atoms with E-state index < -0.39 is 23.1 Å². The number of benzene rings is 1. The minimum atomic E-state index is -4.84. The maximum absolute atomic E-state index is 12.3. The van der Waals surface area contributed by atoms with E-state index >= 15 is 0 Å². The van der Waals surface area contributed by atoms with Crippen LogP contribution < -0.4 is 0 Å². The van der Waals surface area contributed by atoms with Gasteiger partial charge in [0.1, 0.15) is 0 Å². The monoisotopic (exact) mass is 353 g/mol. The summed E-state index contributed by atoms with van der Waals surface area (Å²) in [6, 6.07) is 2.03. The highest BCUT2D eigenvalue weighted by Crippen LogP contribution is 2.36. The van der Waals surface area contributed by atoms with Crippen LogP contribution in [0.25, 0.3) is 0 Å². The minimum absolute atomic E-state index is 0.236. The zero-order valence-electron chi connectivity index (χ0n) is 8.20. The van der Waals surface area contributed by atoms with E-state index in [0.29, 0.717) is 12.1 Å². The van der Waals surface area contributed by atoms with E-state index in [2.05, 4.69) is 20.9 Å². The van der Waals surface area contributed by atoms with Crippen LogP contribution in [0.4, 0.5) is 32.0 Å². The van der Waals surface area contributed by atoms with Crippen LogP contribution in [-0.4, -0.2) is 11.3 Å². The van der Waals surface area contributed by atoms with Crippen molar-refractivity contribution < 1.29 is 26.3 Å². The largest absolute Gasteiger partial charge is 0.444 e. The van der Waals surface area contributed by atoms with E-state index in [4.69, 9.17) is 11.6 Å². The SMILES string of the molecule is FC(F)(F)C(Cl)=Nc1ccc(C(F)(F)F)cc1Br. The molecule has 0 atom stereocenters. The Hall–Kier alpha value is -0.760. The predicted octanol–water partition coefficient (Wildman–Crippen LogP) is 5.30. The number of hydrogen-bond acceptors (Lipinski definition) is 1. The molecule has 1 rings (SSSR count). The average Bonchev–Trinajstić information content (AvgIpc) is 2.17. The molecular weight excluding hydrogens is 351 g/mol. The van der Waals surface area contributed by atoms with Gasteiger partial charge in [-0.1, -0.05) is 11.6 Å². The van der Waals surface area contributed by atoms with Crippen molar-refractivity contribution in [1.82, 2.24) is 0 Å². The standard InChI is InChI=1S/C9H3BrClF6N/c10-5-3-4(8(12,13)14)1-2-6(5)18-7(11)9(15,16)17/h1-3H. The lowest BCUT2D eigenvalue weighted by Gasteiger charge is -2.09. The topological polar surface area (TPSA) is 12.4 Å². The van der Waals surface area contributed by atoms with Gasteiger partial charge in [-0.2, -0.15) is 26.3 Å². The van der Waals surface area contributed by atoms with Gasteiger partial charge in [-0.3, -0.25) is 0 Å². The zero-order valence-corrected chi connectivity index (χ0v) is 10.5. The number of aliphatic imine (C=N–C) groups is 1. The molecule has 1 aromatic rings. The van der Waals surface area contributed by atoms with Crippen LogP contribution in [0.2, 0.25) is 0 Å². The molecular formula is C9H3BrClF6N. The normalized spacial score (nSPS) is 13.9. The molecule has 1 nitrogen and oxygen atoms in total. The quantitative estimate of drug-likeness (QED) is 0.479. The van der Waals surface area contributed by atoms with Crippen molar-refractivity contribution in [3.05, 3.63) is 28.2 Å². The first-order chi connectivity index (χ1) is 8.01. The summed E-state index contributed by atoms with van der Waals surface area (Å²) in [5.41, 5.74) is -1.35. The second-order valence-electron chi connectivity index (χ2n) is 3.06. The third-order valence-corrected chi connectivity index (χ3v) is 2.66. The van der Waals surface area contributed by atoms with Gasteiger partial charge in [0.2, 0.25) is 5.17 Å². The van der Waals surface area contributed by atoms with Crippen molar-refractivity contribution in [2.75, 3.05) is 0 Å². The molecule has 0 N–H and O–H groups in total. The molecule has 0 amide bonds. The molecule has 0 fully saturated rings. The van der Waals surface area contributed by atoms with Gasteiger partial charge in [-0.25, -0.2) is 4.99 Å². The lowest BCUT2D eigenvalue weighted by Crippen LogP contribution is -2.16. The summed E-state index contributed by atoms with van der Waals surface area (Å²) in [5, 5.41) is -1.66. The lowest BCUT2D eigenvalue weighted by atomic mass is 10.2. The fraction of sp³-hybridized carbons (Fsp3) is 0.222. The van der Waals surface area contributed by atoms with Crippen molar-refractivity contribution in [2.24, 2.45) is 4.99 Å². The molecule has 0 radical (unpaired) electrons. The Bertz CT molecular complexity index is 479. The molecule has 9 heteroatoms.